The number of ether oxygens (including phenoxy) is 2. The molecule has 2 aliphatic carbocycles. The molecule has 0 radical (unpaired) electrons. The number of carboxylic acids is 1. The summed E-state index contributed by atoms with van der Waals surface area (Å²) in [4.78, 5) is 11.3. The normalized spacial score (nSPS) is 42.7. The molecule has 5 N–H and O–H groups in total. The number of aliphatic carboxylic acids is 1. The number of piperidine rings is 1. The molecule has 2 bridgehead atoms. The van der Waals surface area contributed by atoms with Crippen molar-refractivity contribution in [3.63, 3.8) is 0 Å². The van der Waals surface area contributed by atoms with Crippen LogP contribution in [0.4, 0.5) is 0 Å². The second kappa shape index (κ2) is 7.46. The van der Waals surface area contributed by atoms with Crippen molar-refractivity contribution < 1.29 is 34.7 Å². The van der Waals surface area contributed by atoms with Crippen LogP contribution in [0, 0.1) is 5.92 Å². The largest absolute Gasteiger partial charge is 0.479 e. The van der Waals surface area contributed by atoms with Crippen molar-refractivity contribution in [1.29, 1.82) is 0 Å². The summed E-state index contributed by atoms with van der Waals surface area (Å²) < 4.78 is 11.1. The van der Waals surface area contributed by atoms with Gasteiger partial charge in [0.2, 0.25) is 6.29 Å². The number of hydrogen-bond acceptors (Lipinski definition) is 7. The van der Waals surface area contributed by atoms with Crippen LogP contribution in [0.5, 0.6) is 5.75 Å². The number of fused-ring (bicyclic) bond motifs is 1. The summed E-state index contributed by atoms with van der Waals surface area (Å²) in [5.74, 6) is -0.342. The van der Waals surface area contributed by atoms with Gasteiger partial charge in [-0.1, -0.05) is 18.9 Å². The zero-order chi connectivity index (χ0) is 21.0. The third-order valence-electron chi connectivity index (χ3n) is 7.68. The molecule has 0 unspecified atom stereocenters. The Balaban J connectivity index is 1.44. The average Bonchev–Trinajstić information content (AvgIpc) is 2.74. The Morgan fingerprint density at radius 1 is 1.13 bits per heavy atom. The first kappa shape index (κ1) is 20.2. The molecule has 0 amide bonds. The minimum Gasteiger partial charge on any atom is -0.479 e. The monoisotopic (exact) mass is 419 g/mol. The van der Waals surface area contributed by atoms with E-state index in [1.165, 1.54) is 30.4 Å². The van der Waals surface area contributed by atoms with Crippen molar-refractivity contribution in [2.24, 2.45) is 5.92 Å². The zero-order valence-electron chi connectivity index (χ0n) is 16.7. The summed E-state index contributed by atoms with van der Waals surface area (Å²) in [5, 5.41) is 43.1. The van der Waals surface area contributed by atoms with Gasteiger partial charge < -0.3 is 35.2 Å². The van der Waals surface area contributed by atoms with Gasteiger partial charge in [-0.3, -0.25) is 0 Å². The average molecular weight is 419 g/mol. The van der Waals surface area contributed by atoms with Crippen LogP contribution in [-0.2, 0) is 21.4 Å². The van der Waals surface area contributed by atoms with E-state index in [9.17, 15) is 25.2 Å². The van der Waals surface area contributed by atoms with Gasteiger partial charge in [-0.2, -0.15) is 0 Å². The van der Waals surface area contributed by atoms with Gasteiger partial charge in [0, 0.05) is 11.5 Å². The highest BCUT2D eigenvalue weighted by Crippen LogP contribution is 2.54. The van der Waals surface area contributed by atoms with Gasteiger partial charge in [0.1, 0.15) is 24.1 Å². The van der Waals surface area contributed by atoms with Crippen molar-refractivity contribution >= 4 is 5.97 Å². The fourth-order valence-electron chi connectivity index (χ4n) is 6.26. The number of hydrogen-bond donors (Lipinski definition) is 5. The number of carbonyl (C=O) groups is 1. The van der Waals surface area contributed by atoms with Crippen LogP contribution in [0.25, 0.3) is 0 Å². The van der Waals surface area contributed by atoms with Gasteiger partial charge in [0.05, 0.1) is 0 Å². The Morgan fingerprint density at radius 2 is 1.97 bits per heavy atom. The molecule has 0 aromatic heterocycles. The van der Waals surface area contributed by atoms with Gasteiger partial charge >= 0.3 is 5.97 Å². The number of rotatable bonds is 3. The Hall–Kier alpha value is -1.71. The molecule has 2 heterocycles. The van der Waals surface area contributed by atoms with E-state index >= 15 is 0 Å². The molecular weight excluding hydrogens is 390 g/mol. The number of nitrogens with one attached hydrogen (secondary N) is 1. The van der Waals surface area contributed by atoms with Crippen molar-refractivity contribution in [1.82, 2.24) is 5.32 Å². The molecule has 1 aromatic carbocycles. The van der Waals surface area contributed by atoms with Crippen LogP contribution in [0.15, 0.2) is 18.2 Å². The molecule has 30 heavy (non-hydrogen) atoms. The van der Waals surface area contributed by atoms with Gasteiger partial charge in [-0.15, -0.1) is 0 Å². The number of aliphatic hydroxyl groups excluding tert-OH is 3. The molecule has 8 heteroatoms. The van der Waals surface area contributed by atoms with Gasteiger partial charge in [0.25, 0.3) is 0 Å². The topological polar surface area (TPSA) is 128 Å². The molecular formula is C22H29NO7. The predicted molar refractivity (Wildman–Crippen MR) is 105 cm³/mol. The first-order valence-electron chi connectivity index (χ1n) is 10.9. The highest BCUT2D eigenvalue weighted by Gasteiger charge is 2.52. The summed E-state index contributed by atoms with van der Waals surface area (Å²) in [5.41, 5.74) is 2.73. The summed E-state index contributed by atoms with van der Waals surface area (Å²) >= 11 is 0. The minimum atomic E-state index is -1.73. The quantitative estimate of drug-likeness (QED) is 0.473. The molecule has 164 valence electrons. The van der Waals surface area contributed by atoms with E-state index in [1.54, 1.807) is 6.07 Å². The number of benzene rings is 1. The second-order valence-electron chi connectivity index (χ2n) is 9.20. The first-order valence-corrected chi connectivity index (χ1v) is 10.9. The lowest BCUT2D eigenvalue weighted by molar-refractivity contribution is -0.271. The highest BCUT2D eigenvalue weighted by atomic mass is 16.7. The number of aliphatic hydroxyl groups is 3. The van der Waals surface area contributed by atoms with E-state index in [0.717, 1.165) is 25.8 Å². The van der Waals surface area contributed by atoms with Crippen LogP contribution in [-0.4, -0.2) is 69.7 Å². The molecule has 4 aliphatic rings. The second-order valence-corrected chi connectivity index (χ2v) is 9.20. The molecule has 1 saturated carbocycles. The summed E-state index contributed by atoms with van der Waals surface area (Å²) in [7, 11) is 0. The molecule has 8 nitrogen and oxygen atoms in total. The summed E-state index contributed by atoms with van der Waals surface area (Å²) in [6.45, 7) is 1.00. The third-order valence-corrected chi connectivity index (χ3v) is 7.68. The van der Waals surface area contributed by atoms with Gasteiger partial charge in [-0.25, -0.2) is 4.79 Å². The molecule has 2 aliphatic heterocycles. The standard InChI is InChI=1S/C22H29NO7/c24-16-17(25)19(20(27)28)30-21(18(16)26)29-12-5-4-11-9-15-13-3-1-2-6-22(13,7-8-23-15)14(11)10-12/h4-5,10,13,15-19,21,23-26H,1-3,6-9H2,(H,27,28)/t13-,15-,16-,17+,18-,19-,21-,22-/m1/s1. The van der Waals surface area contributed by atoms with E-state index < -0.39 is 36.7 Å². The van der Waals surface area contributed by atoms with Crippen molar-refractivity contribution in [2.45, 2.75) is 80.7 Å². The molecule has 5 rings (SSSR count). The van der Waals surface area contributed by atoms with Crippen LogP contribution in [0.1, 0.15) is 43.2 Å². The van der Waals surface area contributed by atoms with E-state index in [2.05, 4.69) is 5.32 Å². The lowest BCUT2D eigenvalue weighted by Crippen LogP contribution is -2.61. The maximum absolute atomic E-state index is 11.3. The van der Waals surface area contributed by atoms with Crippen LogP contribution < -0.4 is 10.1 Å². The van der Waals surface area contributed by atoms with Crippen molar-refractivity contribution in [3.05, 3.63) is 29.3 Å². The SMILES string of the molecule is O=C(O)[C@@H]1O[C@@H](Oc2ccc3c(c2)[C@@]24CCCC[C@@H]2[C@@H](C3)NCC4)[C@H](O)[C@H](O)[C@@H]1O. The van der Waals surface area contributed by atoms with Crippen LogP contribution >= 0.6 is 0 Å². The summed E-state index contributed by atoms with van der Waals surface area (Å²) in [6.07, 6.45) is -1.10. The molecule has 1 aromatic rings. The lowest BCUT2D eigenvalue weighted by atomic mass is 9.53. The minimum absolute atomic E-state index is 0.131. The van der Waals surface area contributed by atoms with E-state index in [4.69, 9.17) is 9.47 Å². The fourth-order valence-corrected chi connectivity index (χ4v) is 6.26. The van der Waals surface area contributed by atoms with E-state index in [0.29, 0.717) is 17.7 Å². The Kier molecular flexibility index (Phi) is 5.02. The maximum atomic E-state index is 11.3. The zero-order valence-corrected chi connectivity index (χ0v) is 16.7. The fraction of sp³-hybridized carbons (Fsp3) is 0.682. The number of carboxylic acid groups (broad SMARTS) is 1. The third kappa shape index (κ3) is 3.05. The van der Waals surface area contributed by atoms with Gasteiger partial charge in [0.15, 0.2) is 6.10 Å². The highest BCUT2D eigenvalue weighted by molar-refractivity contribution is 5.73. The lowest BCUT2D eigenvalue weighted by Gasteiger charge is -2.56. The van der Waals surface area contributed by atoms with Crippen LogP contribution in [0.3, 0.4) is 0 Å². The molecule has 3 fully saturated rings. The van der Waals surface area contributed by atoms with Crippen molar-refractivity contribution in [3.8, 4) is 5.75 Å². The molecule has 8 atom stereocenters. The van der Waals surface area contributed by atoms with Crippen molar-refractivity contribution in [2.75, 3.05) is 6.54 Å². The smallest absolute Gasteiger partial charge is 0.335 e. The Morgan fingerprint density at radius 3 is 2.77 bits per heavy atom. The van der Waals surface area contributed by atoms with E-state index in [-0.39, 0.29) is 5.41 Å². The molecule has 0 spiro atoms. The predicted octanol–water partition coefficient (Wildman–Crippen LogP) is 0.304. The van der Waals surface area contributed by atoms with Crippen LogP contribution in [0.2, 0.25) is 0 Å². The Bertz CT molecular complexity index is 828. The Labute approximate surface area is 174 Å². The summed E-state index contributed by atoms with van der Waals surface area (Å²) in [6, 6.07) is 6.37. The van der Waals surface area contributed by atoms with E-state index in [1.807, 2.05) is 12.1 Å². The molecule has 2 saturated heterocycles. The maximum Gasteiger partial charge on any atom is 0.335 e. The van der Waals surface area contributed by atoms with Gasteiger partial charge in [-0.05, 0) is 61.4 Å². The first-order chi connectivity index (χ1) is 14.4.